The molecule has 16 heavy (non-hydrogen) atoms. The molecule has 1 aromatic carbocycles. The molecule has 0 bridgehead atoms. The number of nitrogen functional groups attached to an aromatic ring is 1. The molecule has 88 valence electrons. The summed E-state index contributed by atoms with van der Waals surface area (Å²) in [6, 6.07) is 5.68. The molecule has 1 fully saturated rings. The minimum Gasteiger partial charge on any atom is -0.398 e. The molecular weight excluding hydrogens is 224 g/mol. The standard InChI is InChI=1S/C12H17ClN2O/c13-11-2-1-3-12(14)10(11)4-5-15-6-8-16-9-7-15/h1-3H,4-9,14H2. The Hall–Kier alpha value is -0.770. The van der Waals surface area contributed by atoms with Crippen molar-refractivity contribution in [2.24, 2.45) is 0 Å². The third-order valence-corrected chi connectivity index (χ3v) is 3.29. The fourth-order valence-electron chi connectivity index (χ4n) is 1.93. The summed E-state index contributed by atoms with van der Waals surface area (Å²) >= 11 is 6.12. The van der Waals surface area contributed by atoms with E-state index in [4.69, 9.17) is 22.1 Å². The number of anilines is 1. The Morgan fingerprint density at radius 1 is 1.31 bits per heavy atom. The number of hydrogen-bond donors (Lipinski definition) is 1. The van der Waals surface area contributed by atoms with Crippen LogP contribution in [0.25, 0.3) is 0 Å². The van der Waals surface area contributed by atoms with Gasteiger partial charge in [0.2, 0.25) is 0 Å². The Morgan fingerprint density at radius 2 is 2.06 bits per heavy atom. The number of benzene rings is 1. The minimum absolute atomic E-state index is 0.772. The Kier molecular flexibility index (Phi) is 4.04. The first kappa shape index (κ1) is 11.7. The first-order chi connectivity index (χ1) is 7.77. The van der Waals surface area contributed by atoms with Gasteiger partial charge in [-0.15, -0.1) is 0 Å². The zero-order valence-electron chi connectivity index (χ0n) is 9.29. The monoisotopic (exact) mass is 240 g/mol. The molecule has 0 radical (unpaired) electrons. The van der Waals surface area contributed by atoms with Gasteiger partial charge in [0.05, 0.1) is 13.2 Å². The molecule has 1 aliphatic heterocycles. The molecule has 1 aromatic rings. The van der Waals surface area contributed by atoms with Gasteiger partial charge in [-0.1, -0.05) is 17.7 Å². The normalized spacial score (nSPS) is 17.6. The molecule has 2 N–H and O–H groups in total. The van der Waals surface area contributed by atoms with Gasteiger partial charge in [0, 0.05) is 30.3 Å². The van der Waals surface area contributed by atoms with Gasteiger partial charge < -0.3 is 10.5 Å². The molecule has 0 aliphatic carbocycles. The van der Waals surface area contributed by atoms with E-state index in [0.717, 1.165) is 55.5 Å². The molecule has 1 aliphatic rings. The second-order valence-corrected chi connectivity index (χ2v) is 4.42. The molecule has 1 heterocycles. The average Bonchev–Trinajstić information content (AvgIpc) is 2.30. The van der Waals surface area contributed by atoms with Crippen LogP contribution in [-0.4, -0.2) is 37.7 Å². The topological polar surface area (TPSA) is 38.5 Å². The van der Waals surface area contributed by atoms with Crippen LogP contribution in [0.5, 0.6) is 0 Å². The zero-order valence-corrected chi connectivity index (χ0v) is 10.0. The molecule has 0 amide bonds. The summed E-state index contributed by atoms with van der Waals surface area (Å²) in [6.45, 7) is 4.67. The lowest BCUT2D eigenvalue weighted by Crippen LogP contribution is -2.37. The van der Waals surface area contributed by atoms with Gasteiger partial charge in [-0.05, 0) is 24.1 Å². The predicted molar refractivity (Wildman–Crippen MR) is 66.8 cm³/mol. The van der Waals surface area contributed by atoms with E-state index < -0.39 is 0 Å². The van der Waals surface area contributed by atoms with Gasteiger partial charge in [0.25, 0.3) is 0 Å². The van der Waals surface area contributed by atoms with Gasteiger partial charge in [-0.25, -0.2) is 0 Å². The van der Waals surface area contributed by atoms with Crippen molar-refractivity contribution in [3.8, 4) is 0 Å². The third kappa shape index (κ3) is 2.88. The number of hydrogen-bond acceptors (Lipinski definition) is 3. The van der Waals surface area contributed by atoms with Crippen LogP contribution in [0, 0.1) is 0 Å². The van der Waals surface area contributed by atoms with E-state index in [1.165, 1.54) is 0 Å². The van der Waals surface area contributed by atoms with Gasteiger partial charge in [0.1, 0.15) is 0 Å². The molecule has 0 saturated carbocycles. The first-order valence-electron chi connectivity index (χ1n) is 5.60. The van der Waals surface area contributed by atoms with E-state index in [0.29, 0.717) is 0 Å². The molecule has 0 aromatic heterocycles. The van der Waals surface area contributed by atoms with Crippen LogP contribution in [0.4, 0.5) is 5.69 Å². The van der Waals surface area contributed by atoms with E-state index in [-0.39, 0.29) is 0 Å². The Bertz CT molecular complexity index is 331. The average molecular weight is 241 g/mol. The van der Waals surface area contributed by atoms with Gasteiger partial charge in [0.15, 0.2) is 0 Å². The number of halogens is 1. The van der Waals surface area contributed by atoms with Crippen molar-refractivity contribution in [1.29, 1.82) is 0 Å². The number of morpholine rings is 1. The molecule has 4 heteroatoms. The smallest absolute Gasteiger partial charge is 0.0594 e. The highest BCUT2D eigenvalue weighted by Crippen LogP contribution is 2.22. The van der Waals surface area contributed by atoms with Crippen molar-refractivity contribution in [2.45, 2.75) is 6.42 Å². The summed E-state index contributed by atoms with van der Waals surface area (Å²) in [5, 5.41) is 0.772. The van der Waals surface area contributed by atoms with Gasteiger partial charge in [-0.2, -0.15) is 0 Å². The molecular formula is C12H17ClN2O. The molecule has 1 saturated heterocycles. The largest absolute Gasteiger partial charge is 0.398 e. The highest BCUT2D eigenvalue weighted by atomic mass is 35.5. The van der Waals surface area contributed by atoms with Crippen LogP contribution in [0.1, 0.15) is 5.56 Å². The lowest BCUT2D eigenvalue weighted by molar-refractivity contribution is 0.0384. The zero-order chi connectivity index (χ0) is 11.4. The molecule has 0 spiro atoms. The summed E-state index contributed by atoms with van der Waals surface area (Å²) in [6.07, 6.45) is 0.908. The lowest BCUT2D eigenvalue weighted by Gasteiger charge is -2.26. The van der Waals surface area contributed by atoms with Crippen LogP contribution in [0.15, 0.2) is 18.2 Å². The fraction of sp³-hybridized carbons (Fsp3) is 0.500. The third-order valence-electron chi connectivity index (χ3n) is 2.94. The van der Waals surface area contributed by atoms with Crippen molar-refractivity contribution in [3.05, 3.63) is 28.8 Å². The van der Waals surface area contributed by atoms with Crippen molar-refractivity contribution in [2.75, 3.05) is 38.6 Å². The van der Waals surface area contributed by atoms with Crippen LogP contribution in [0.2, 0.25) is 5.02 Å². The predicted octanol–water partition coefficient (Wildman–Crippen LogP) is 1.80. The van der Waals surface area contributed by atoms with Crippen molar-refractivity contribution >= 4 is 17.3 Å². The summed E-state index contributed by atoms with van der Waals surface area (Å²) in [7, 11) is 0. The second-order valence-electron chi connectivity index (χ2n) is 4.01. The van der Waals surface area contributed by atoms with Crippen LogP contribution in [0.3, 0.4) is 0 Å². The Balaban J connectivity index is 1.93. The minimum atomic E-state index is 0.772. The highest BCUT2D eigenvalue weighted by Gasteiger charge is 2.11. The quantitative estimate of drug-likeness (QED) is 0.819. The van der Waals surface area contributed by atoms with E-state index in [9.17, 15) is 0 Å². The summed E-state index contributed by atoms with van der Waals surface area (Å²) in [5.41, 5.74) is 7.77. The van der Waals surface area contributed by atoms with Crippen molar-refractivity contribution < 1.29 is 4.74 Å². The van der Waals surface area contributed by atoms with Crippen molar-refractivity contribution in [1.82, 2.24) is 4.90 Å². The number of nitrogens with zero attached hydrogens (tertiary/aromatic N) is 1. The van der Waals surface area contributed by atoms with Crippen molar-refractivity contribution in [3.63, 3.8) is 0 Å². The molecule has 0 atom stereocenters. The Labute approximate surface area is 101 Å². The number of rotatable bonds is 3. The molecule has 3 nitrogen and oxygen atoms in total. The van der Waals surface area contributed by atoms with E-state index in [2.05, 4.69) is 4.90 Å². The summed E-state index contributed by atoms with van der Waals surface area (Å²) < 4.78 is 5.31. The number of ether oxygens (including phenoxy) is 1. The van der Waals surface area contributed by atoms with Gasteiger partial charge in [-0.3, -0.25) is 4.90 Å². The van der Waals surface area contributed by atoms with E-state index >= 15 is 0 Å². The van der Waals surface area contributed by atoms with Crippen LogP contribution < -0.4 is 5.73 Å². The maximum atomic E-state index is 6.12. The first-order valence-corrected chi connectivity index (χ1v) is 5.98. The maximum Gasteiger partial charge on any atom is 0.0594 e. The lowest BCUT2D eigenvalue weighted by atomic mass is 10.1. The summed E-state index contributed by atoms with van der Waals surface area (Å²) in [4.78, 5) is 2.38. The second kappa shape index (κ2) is 5.53. The number of nitrogens with two attached hydrogens (primary N) is 1. The Morgan fingerprint density at radius 3 is 2.75 bits per heavy atom. The highest BCUT2D eigenvalue weighted by molar-refractivity contribution is 6.31. The van der Waals surface area contributed by atoms with E-state index in [1.54, 1.807) is 0 Å². The summed E-state index contributed by atoms with van der Waals surface area (Å²) in [5.74, 6) is 0. The van der Waals surface area contributed by atoms with Gasteiger partial charge >= 0.3 is 0 Å². The maximum absolute atomic E-state index is 6.12. The van der Waals surface area contributed by atoms with Crippen LogP contribution in [-0.2, 0) is 11.2 Å². The van der Waals surface area contributed by atoms with Crippen LogP contribution >= 0.6 is 11.6 Å². The molecule has 2 rings (SSSR count). The fourth-order valence-corrected chi connectivity index (χ4v) is 2.21. The van der Waals surface area contributed by atoms with E-state index in [1.807, 2.05) is 18.2 Å². The SMILES string of the molecule is Nc1cccc(Cl)c1CCN1CCOCC1. The molecule has 0 unspecified atom stereocenters.